The molecule has 1 aliphatic heterocycles. The summed E-state index contributed by atoms with van der Waals surface area (Å²) in [5.74, 6) is 1.98. The van der Waals surface area contributed by atoms with Crippen LogP contribution in [0.15, 0.2) is 54.6 Å². The largest absolute Gasteiger partial charge is 0.313 e. The van der Waals surface area contributed by atoms with E-state index in [4.69, 9.17) is 4.98 Å². The first-order chi connectivity index (χ1) is 16.2. The maximum absolute atomic E-state index is 13.8. The molecule has 3 fully saturated rings. The van der Waals surface area contributed by atoms with E-state index in [0.29, 0.717) is 18.4 Å². The van der Waals surface area contributed by atoms with E-state index in [-0.39, 0.29) is 11.7 Å². The maximum atomic E-state index is 13.8. The van der Waals surface area contributed by atoms with Gasteiger partial charge in [0, 0.05) is 40.9 Å². The molecule has 3 heteroatoms. The van der Waals surface area contributed by atoms with E-state index in [1.807, 2.05) is 18.2 Å². The second-order valence-electron chi connectivity index (χ2n) is 10.5. The van der Waals surface area contributed by atoms with Crippen molar-refractivity contribution in [3.05, 3.63) is 77.0 Å². The van der Waals surface area contributed by atoms with Crippen LogP contribution in [0.5, 0.6) is 0 Å². The van der Waals surface area contributed by atoms with Gasteiger partial charge >= 0.3 is 0 Å². The SMILES string of the molecule is O=C(C[C@H](c1ccc(CCC2CC2)cc1)C1CCCN1)c1cc(C2CC2)nc2ccccc12. The minimum absolute atomic E-state index is 0.216. The summed E-state index contributed by atoms with van der Waals surface area (Å²) in [6.07, 6.45) is 10.6. The molecule has 1 aromatic heterocycles. The lowest BCUT2D eigenvalue weighted by atomic mass is 9.84. The number of nitrogens with one attached hydrogen (secondary N) is 1. The number of ketones is 1. The number of benzene rings is 2. The van der Waals surface area contributed by atoms with Gasteiger partial charge in [-0.05, 0) is 74.2 Å². The van der Waals surface area contributed by atoms with Gasteiger partial charge < -0.3 is 5.32 Å². The Morgan fingerprint density at radius 2 is 1.82 bits per heavy atom. The summed E-state index contributed by atoms with van der Waals surface area (Å²) in [5, 5.41) is 4.69. The van der Waals surface area contributed by atoms with Crippen molar-refractivity contribution in [2.75, 3.05) is 6.54 Å². The zero-order valence-corrected chi connectivity index (χ0v) is 19.4. The summed E-state index contributed by atoms with van der Waals surface area (Å²) in [6, 6.07) is 19.8. The zero-order chi connectivity index (χ0) is 22.2. The molecule has 2 aliphatic carbocycles. The molecule has 2 aromatic carbocycles. The summed E-state index contributed by atoms with van der Waals surface area (Å²) >= 11 is 0. The Kier molecular flexibility index (Phi) is 5.75. The standard InChI is InChI=1S/C30H34N2O/c33-30(26-18-29(23-15-16-23)32-28-5-2-1-4-24(26)28)19-25(27-6-3-17-31-27)22-13-11-21(12-14-22)10-9-20-7-8-20/h1-2,4-5,11-14,18,20,23,25,27,31H,3,6-10,15-17,19H2/t25-,27?/m1/s1. The van der Waals surface area contributed by atoms with Gasteiger partial charge in [0.2, 0.25) is 0 Å². The fourth-order valence-electron chi connectivity index (χ4n) is 5.58. The predicted octanol–water partition coefficient (Wildman–Crippen LogP) is 6.56. The van der Waals surface area contributed by atoms with Crippen LogP contribution in [-0.4, -0.2) is 23.4 Å². The number of carbonyl (C=O) groups excluding carboxylic acids is 1. The van der Waals surface area contributed by atoms with E-state index in [9.17, 15) is 4.79 Å². The molecule has 170 valence electrons. The number of nitrogens with zero attached hydrogens (tertiary/aromatic N) is 1. The maximum Gasteiger partial charge on any atom is 0.164 e. The van der Waals surface area contributed by atoms with Crippen molar-refractivity contribution in [1.29, 1.82) is 0 Å². The average Bonchev–Trinajstić information content (AvgIpc) is 3.79. The highest BCUT2D eigenvalue weighted by molar-refractivity contribution is 6.07. The van der Waals surface area contributed by atoms with Crippen molar-refractivity contribution in [3.8, 4) is 0 Å². The molecule has 6 rings (SSSR count). The first-order valence-corrected chi connectivity index (χ1v) is 13.0. The monoisotopic (exact) mass is 438 g/mol. The summed E-state index contributed by atoms with van der Waals surface area (Å²) < 4.78 is 0. The average molecular weight is 439 g/mol. The zero-order valence-electron chi connectivity index (χ0n) is 19.4. The molecule has 0 spiro atoms. The molecular formula is C30H34N2O. The smallest absolute Gasteiger partial charge is 0.164 e. The van der Waals surface area contributed by atoms with Gasteiger partial charge in [-0.3, -0.25) is 9.78 Å². The third-order valence-electron chi connectivity index (χ3n) is 7.97. The van der Waals surface area contributed by atoms with Crippen LogP contribution in [0.25, 0.3) is 10.9 Å². The molecule has 3 aromatic rings. The lowest BCUT2D eigenvalue weighted by Crippen LogP contribution is -2.30. The number of Topliss-reactive ketones (excluding diaryl/α,β-unsaturated/α-hetero) is 1. The van der Waals surface area contributed by atoms with E-state index in [0.717, 1.165) is 41.0 Å². The predicted molar refractivity (Wildman–Crippen MR) is 134 cm³/mol. The number of carbonyl (C=O) groups is 1. The molecule has 2 atom stereocenters. The quantitative estimate of drug-likeness (QED) is 0.385. The van der Waals surface area contributed by atoms with Gasteiger partial charge in [-0.1, -0.05) is 55.3 Å². The van der Waals surface area contributed by atoms with Gasteiger partial charge in [-0.25, -0.2) is 0 Å². The summed E-state index contributed by atoms with van der Waals surface area (Å²) in [7, 11) is 0. The van der Waals surface area contributed by atoms with Gasteiger partial charge in [-0.15, -0.1) is 0 Å². The van der Waals surface area contributed by atoms with E-state index in [2.05, 4.69) is 41.7 Å². The number of pyridine rings is 1. The summed E-state index contributed by atoms with van der Waals surface area (Å²) in [6.45, 7) is 1.05. The first kappa shape index (κ1) is 21.0. The van der Waals surface area contributed by atoms with E-state index in [1.54, 1.807) is 0 Å². The van der Waals surface area contributed by atoms with Crippen LogP contribution >= 0.6 is 0 Å². The molecule has 33 heavy (non-hydrogen) atoms. The lowest BCUT2D eigenvalue weighted by Gasteiger charge is -2.24. The lowest BCUT2D eigenvalue weighted by molar-refractivity contribution is 0.0969. The van der Waals surface area contributed by atoms with Crippen LogP contribution in [0, 0.1) is 5.92 Å². The number of fused-ring (bicyclic) bond motifs is 1. The van der Waals surface area contributed by atoms with Gasteiger partial charge in [0.15, 0.2) is 5.78 Å². The molecule has 0 amide bonds. The Morgan fingerprint density at radius 3 is 2.55 bits per heavy atom. The Morgan fingerprint density at radius 1 is 1.00 bits per heavy atom. The number of aryl methyl sites for hydroxylation is 1. The fraction of sp³-hybridized carbons (Fsp3) is 0.467. The number of aromatic nitrogens is 1. The number of hydrogen-bond acceptors (Lipinski definition) is 3. The molecule has 0 radical (unpaired) electrons. The van der Waals surface area contributed by atoms with E-state index >= 15 is 0 Å². The third kappa shape index (κ3) is 4.75. The molecule has 3 aliphatic rings. The van der Waals surface area contributed by atoms with Crippen molar-refractivity contribution < 1.29 is 4.79 Å². The Bertz CT molecular complexity index is 1140. The van der Waals surface area contributed by atoms with Crippen LogP contribution in [0.4, 0.5) is 0 Å². The third-order valence-corrected chi connectivity index (χ3v) is 7.97. The number of hydrogen-bond donors (Lipinski definition) is 1. The first-order valence-electron chi connectivity index (χ1n) is 13.0. The molecule has 2 heterocycles. The molecule has 0 bridgehead atoms. The van der Waals surface area contributed by atoms with Crippen LogP contribution in [0.1, 0.15) is 90.4 Å². The molecule has 1 unspecified atom stereocenters. The Hall–Kier alpha value is -2.52. The molecule has 1 N–H and O–H groups in total. The molecule has 3 nitrogen and oxygen atoms in total. The van der Waals surface area contributed by atoms with Crippen molar-refractivity contribution in [2.45, 2.75) is 75.7 Å². The molecule has 1 saturated heterocycles. The van der Waals surface area contributed by atoms with E-state index in [1.165, 1.54) is 56.1 Å². The van der Waals surface area contributed by atoms with Crippen molar-refractivity contribution in [2.24, 2.45) is 5.92 Å². The summed E-state index contributed by atoms with van der Waals surface area (Å²) in [5.41, 5.74) is 5.67. The number of rotatable bonds is 9. The highest BCUT2D eigenvalue weighted by Gasteiger charge is 2.31. The van der Waals surface area contributed by atoms with Crippen LogP contribution in [0.3, 0.4) is 0 Å². The Balaban J connectivity index is 1.27. The minimum Gasteiger partial charge on any atom is -0.313 e. The summed E-state index contributed by atoms with van der Waals surface area (Å²) in [4.78, 5) is 18.7. The van der Waals surface area contributed by atoms with E-state index < -0.39 is 0 Å². The van der Waals surface area contributed by atoms with Crippen LogP contribution in [0.2, 0.25) is 0 Å². The van der Waals surface area contributed by atoms with Gasteiger partial charge in [0.25, 0.3) is 0 Å². The fourth-order valence-corrected chi connectivity index (χ4v) is 5.58. The number of para-hydroxylation sites is 1. The topological polar surface area (TPSA) is 42.0 Å². The van der Waals surface area contributed by atoms with Gasteiger partial charge in [0.05, 0.1) is 5.52 Å². The van der Waals surface area contributed by atoms with Crippen molar-refractivity contribution in [3.63, 3.8) is 0 Å². The minimum atomic E-state index is 0.216. The van der Waals surface area contributed by atoms with Crippen LogP contribution in [-0.2, 0) is 6.42 Å². The van der Waals surface area contributed by atoms with Crippen LogP contribution < -0.4 is 5.32 Å². The normalized spacial score (nSPS) is 21.4. The van der Waals surface area contributed by atoms with Crippen molar-refractivity contribution in [1.82, 2.24) is 10.3 Å². The highest BCUT2D eigenvalue weighted by Crippen LogP contribution is 2.41. The van der Waals surface area contributed by atoms with Gasteiger partial charge in [-0.2, -0.15) is 0 Å². The Labute approximate surface area is 197 Å². The second-order valence-corrected chi connectivity index (χ2v) is 10.5. The highest BCUT2D eigenvalue weighted by atomic mass is 16.1. The van der Waals surface area contributed by atoms with Crippen molar-refractivity contribution >= 4 is 16.7 Å². The second kappa shape index (κ2) is 9.02. The van der Waals surface area contributed by atoms with Gasteiger partial charge in [0.1, 0.15) is 0 Å². The molecule has 2 saturated carbocycles. The molecular weight excluding hydrogens is 404 g/mol.